The van der Waals surface area contributed by atoms with Crippen molar-refractivity contribution in [1.29, 1.82) is 5.26 Å². The molecule has 0 unspecified atom stereocenters. The third-order valence-corrected chi connectivity index (χ3v) is 12.0. The number of carbonyl (C=O) groups is 1. The molecule has 4 atom stereocenters. The van der Waals surface area contributed by atoms with E-state index < -0.39 is 28.9 Å². The van der Waals surface area contributed by atoms with Gasteiger partial charge in [-0.3, -0.25) is 9.80 Å². The fourth-order valence-electron chi connectivity index (χ4n) is 8.56. The summed E-state index contributed by atoms with van der Waals surface area (Å²) in [6, 6.07) is 5.78. The number of carbonyl (C=O) groups excluding carboxylic acids is 1. The highest BCUT2D eigenvalue weighted by molar-refractivity contribution is 7.23. The van der Waals surface area contributed by atoms with Gasteiger partial charge in [0.05, 0.1) is 32.9 Å². The Morgan fingerprint density at radius 1 is 1.20 bits per heavy atom. The maximum Gasteiger partial charge on any atom is 0.410 e. The number of hydrogen-bond acceptors (Lipinski definition) is 10. The van der Waals surface area contributed by atoms with Crippen molar-refractivity contribution in [3.63, 3.8) is 0 Å². The van der Waals surface area contributed by atoms with Gasteiger partial charge in [-0.1, -0.05) is 17.7 Å². The van der Waals surface area contributed by atoms with E-state index in [1.54, 1.807) is 11.0 Å². The average Bonchev–Trinajstić information content (AvgIpc) is 3.78. The summed E-state index contributed by atoms with van der Waals surface area (Å²) in [4.78, 5) is 28.6. The van der Waals surface area contributed by atoms with Crippen molar-refractivity contribution in [3.8, 4) is 23.2 Å². The first kappa shape index (κ1) is 34.0. The number of piperazine rings is 1. The Kier molecular flexibility index (Phi) is 8.20. The largest absolute Gasteiger partial charge is 0.461 e. The smallest absolute Gasteiger partial charge is 0.410 e. The van der Waals surface area contributed by atoms with E-state index in [1.165, 1.54) is 12.1 Å². The Balaban J connectivity index is 1.24. The highest BCUT2D eigenvalue weighted by Gasteiger charge is 2.50. The van der Waals surface area contributed by atoms with E-state index in [0.717, 1.165) is 43.6 Å². The Hall–Kier alpha value is -4.06. The van der Waals surface area contributed by atoms with Crippen molar-refractivity contribution in [2.75, 3.05) is 43.4 Å². The van der Waals surface area contributed by atoms with Crippen LogP contribution in [0.15, 0.2) is 18.2 Å². The van der Waals surface area contributed by atoms with Gasteiger partial charge < -0.3 is 20.1 Å². The zero-order valence-corrected chi connectivity index (χ0v) is 30.0. The predicted molar refractivity (Wildman–Crippen MR) is 190 cm³/mol. The molecule has 4 saturated heterocycles. The van der Waals surface area contributed by atoms with Crippen LogP contribution in [0.1, 0.15) is 58.4 Å². The van der Waals surface area contributed by atoms with Gasteiger partial charge in [0.2, 0.25) is 0 Å². The van der Waals surface area contributed by atoms with Gasteiger partial charge in [-0.2, -0.15) is 15.2 Å². The number of thiophene rings is 1. The summed E-state index contributed by atoms with van der Waals surface area (Å²) >= 11 is 7.80. The molecular formula is C36H37ClF3N7O3S. The number of nitriles is 1. The molecule has 2 aromatic heterocycles. The zero-order chi connectivity index (χ0) is 36.0. The van der Waals surface area contributed by atoms with Crippen LogP contribution in [-0.4, -0.2) is 88.0 Å². The number of aromatic nitrogens is 2. The van der Waals surface area contributed by atoms with Crippen molar-refractivity contribution in [1.82, 2.24) is 19.8 Å². The lowest BCUT2D eigenvalue weighted by Crippen LogP contribution is -2.57. The first-order valence-corrected chi connectivity index (χ1v) is 18.4. The molecule has 4 aliphatic rings. The summed E-state index contributed by atoms with van der Waals surface area (Å²) in [6.45, 7) is 7.56. The number of rotatable bonds is 5. The lowest BCUT2D eigenvalue weighted by molar-refractivity contribution is 0.0122. The topological polar surface area (TPSA) is 121 Å². The van der Waals surface area contributed by atoms with E-state index in [-0.39, 0.29) is 73.1 Å². The number of fused-ring (bicyclic) bond motifs is 5. The molecule has 6 heterocycles. The SMILES string of the molecule is CC(C)(C)OC(=O)N1[C@H]2CC[C@H]1CN(c1nc(OC[C@@]34CCCN3C[C@H](F)C4)nc3c(F)c(-c4ccc(F)c5sc(N)c(C#N)c45)c(Cl)cc13)C2. The second-order valence-electron chi connectivity index (χ2n) is 15.1. The molecule has 2 N–H and O–H groups in total. The number of anilines is 2. The number of benzene rings is 2. The zero-order valence-electron chi connectivity index (χ0n) is 28.4. The van der Waals surface area contributed by atoms with Gasteiger partial charge in [-0.05, 0) is 70.7 Å². The van der Waals surface area contributed by atoms with Crippen LogP contribution in [0.3, 0.4) is 0 Å². The van der Waals surface area contributed by atoms with Crippen LogP contribution < -0.4 is 15.4 Å². The van der Waals surface area contributed by atoms with Crippen molar-refractivity contribution in [2.45, 2.75) is 82.3 Å². The lowest BCUT2D eigenvalue weighted by Gasteiger charge is -2.42. The Morgan fingerprint density at radius 3 is 2.65 bits per heavy atom. The van der Waals surface area contributed by atoms with Gasteiger partial charge >= 0.3 is 12.1 Å². The predicted octanol–water partition coefficient (Wildman–Crippen LogP) is 7.44. The van der Waals surface area contributed by atoms with Crippen LogP contribution >= 0.6 is 22.9 Å². The molecule has 4 aromatic rings. The van der Waals surface area contributed by atoms with E-state index in [9.17, 15) is 18.8 Å². The fraction of sp³-hybridized carbons (Fsp3) is 0.500. The number of amides is 1. The molecular weight excluding hydrogens is 703 g/mol. The number of ether oxygens (including phenoxy) is 2. The Labute approximate surface area is 301 Å². The van der Waals surface area contributed by atoms with Crippen molar-refractivity contribution >= 4 is 60.8 Å². The van der Waals surface area contributed by atoms with Crippen LogP contribution in [0.4, 0.5) is 28.8 Å². The molecule has 2 aromatic carbocycles. The normalized spacial score (nSPS) is 24.8. The summed E-state index contributed by atoms with van der Waals surface area (Å²) in [6.07, 6.45) is 2.22. The Morgan fingerprint density at radius 2 is 1.94 bits per heavy atom. The molecule has 1 amide bonds. The number of halogens is 4. The fourth-order valence-corrected chi connectivity index (χ4v) is 9.80. The van der Waals surface area contributed by atoms with E-state index in [4.69, 9.17) is 31.8 Å². The van der Waals surface area contributed by atoms with E-state index in [1.807, 2.05) is 31.7 Å². The number of nitrogens with zero attached hydrogens (tertiary/aromatic N) is 6. The molecule has 51 heavy (non-hydrogen) atoms. The molecule has 268 valence electrons. The molecule has 8 rings (SSSR count). The minimum Gasteiger partial charge on any atom is -0.461 e. The van der Waals surface area contributed by atoms with Crippen molar-refractivity contribution < 1.29 is 27.4 Å². The maximum absolute atomic E-state index is 17.1. The summed E-state index contributed by atoms with van der Waals surface area (Å²) in [5.74, 6) is -0.999. The minimum absolute atomic E-state index is 0.0101. The molecule has 0 spiro atoms. The molecule has 2 bridgehead atoms. The second-order valence-corrected chi connectivity index (χ2v) is 16.5. The molecule has 0 radical (unpaired) electrons. The monoisotopic (exact) mass is 739 g/mol. The molecule has 10 nitrogen and oxygen atoms in total. The Bertz CT molecular complexity index is 2120. The average molecular weight is 740 g/mol. The van der Waals surface area contributed by atoms with Crippen LogP contribution in [0, 0.1) is 23.0 Å². The molecule has 0 aliphatic carbocycles. The van der Waals surface area contributed by atoms with Crippen LogP contribution in [0.2, 0.25) is 5.02 Å². The number of hydrogen-bond donors (Lipinski definition) is 1. The molecule has 0 saturated carbocycles. The van der Waals surface area contributed by atoms with Gasteiger partial charge in [-0.15, -0.1) is 11.3 Å². The number of alkyl halides is 1. The van der Waals surface area contributed by atoms with Crippen LogP contribution in [-0.2, 0) is 4.74 Å². The van der Waals surface area contributed by atoms with Gasteiger partial charge in [0.1, 0.15) is 46.6 Å². The third-order valence-electron chi connectivity index (χ3n) is 10.7. The first-order valence-electron chi connectivity index (χ1n) is 17.2. The second kappa shape index (κ2) is 12.3. The molecule has 15 heteroatoms. The number of nitrogen functional groups attached to an aromatic ring is 1. The summed E-state index contributed by atoms with van der Waals surface area (Å²) in [5, 5.41) is 10.5. The van der Waals surface area contributed by atoms with Gasteiger partial charge in [0, 0.05) is 42.4 Å². The van der Waals surface area contributed by atoms with E-state index in [2.05, 4.69) is 9.88 Å². The van der Waals surface area contributed by atoms with Crippen molar-refractivity contribution in [2.24, 2.45) is 0 Å². The van der Waals surface area contributed by atoms with Gasteiger partial charge in [-0.25, -0.2) is 18.0 Å². The first-order chi connectivity index (χ1) is 24.3. The molecule has 4 fully saturated rings. The standard InChI is InChI=1S/C36H37ClF3N7O3S/c1-35(2,3)50-34(48)47-19-5-6-20(47)16-45(15-19)32-22-11-24(37)27(21-7-8-25(39)30-26(21)23(13-41)31(42)51-30)28(40)29(22)43-33(44-32)49-17-36-9-4-10-46(36)14-18(38)12-36/h7-8,11,18-20H,4-6,9-10,12,14-17,42H2,1-3H3/t18-,19+,20+,36+/m1/s1. The maximum atomic E-state index is 17.1. The van der Waals surface area contributed by atoms with Crippen LogP contribution in [0.5, 0.6) is 6.01 Å². The third kappa shape index (κ3) is 5.68. The molecule has 4 aliphatic heterocycles. The summed E-state index contributed by atoms with van der Waals surface area (Å²) < 4.78 is 58.8. The highest BCUT2D eigenvalue weighted by atomic mass is 35.5. The summed E-state index contributed by atoms with van der Waals surface area (Å²) in [5.41, 5.74) is 5.04. The van der Waals surface area contributed by atoms with Crippen molar-refractivity contribution in [3.05, 3.63) is 40.4 Å². The number of nitrogens with two attached hydrogens (primary N) is 1. The quantitative estimate of drug-likeness (QED) is 0.223. The van der Waals surface area contributed by atoms with E-state index >= 15 is 4.39 Å². The van der Waals surface area contributed by atoms with E-state index in [0.29, 0.717) is 37.3 Å². The van der Waals surface area contributed by atoms with Crippen LogP contribution in [0.25, 0.3) is 32.1 Å². The van der Waals surface area contributed by atoms with Gasteiger partial charge in [0.25, 0.3) is 0 Å². The highest BCUT2D eigenvalue weighted by Crippen LogP contribution is 2.47. The van der Waals surface area contributed by atoms with Gasteiger partial charge in [0.15, 0.2) is 5.82 Å². The minimum atomic E-state index is -0.960. The lowest BCUT2D eigenvalue weighted by atomic mass is 9.95. The summed E-state index contributed by atoms with van der Waals surface area (Å²) in [7, 11) is 0.